The predicted molar refractivity (Wildman–Crippen MR) is 65.8 cm³/mol. The van der Waals surface area contributed by atoms with Gasteiger partial charge in [-0.1, -0.05) is 20.3 Å². The minimum absolute atomic E-state index is 0.366. The van der Waals surface area contributed by atoms with Crippen LogP contribution in [0.15, 0.2) is 16.7 Å². The Balaban J connectivity index is 2.47. The molecule has 1 N–H and O–H groups in total. The molecule has 0 spiro atoms. The highest BCUT2D eigenvalue weighted by Crippen LogP contribution is 2.11. The molecular formula is C13H21NO3. The molecule has 2 unspecified atom stereocenters. The third-order valence-electron chi connectivity index (χ3n) is 3.17. The van der Waals surface area contributed by atoms with Gasteiger partial charge in [0.25, 0.3) is 0 Å². The van der Waals surface area contributed by atoms with E-state index in [9.17, 15) is 4.79 Å². The van der Waals surface area contributed by atoms with Gasteiger partial charge in [0.05, 0.1) is 19.2 Å². The average Bonchev–Trinajstić information content (AvgIpc) is 2.82. The first kappa shape index (κ1) is 13.8. The van der Waals surface area contributed by atoms with Crippen LogP contribution in [0.5, 0.6) is 0 Å². The number of methoxy groups -OCH3 is 1. The SMILES string of the molecule is CCC(C)C(C)NCc1cc(C(=O)OC)co1. The van der Waals surface area contributed by atoms with Crippen LogP contribution in [-0.2, 0) is 11.3 Å². The first-order valence-electron chi connectivity index (χ1n) is 5.97. The quantitative estimate of drug-likeness (QED) is 0.775. The van der Waals surface area contributed by atoms with E-state index in [4.69, 9.17) is 4.42 Å². The number of ether oxygens (including phenoxy) is 1. The highest BCUT2D eigenvalue weighted by atomic mass is 16.5. The fraction of sp³-hybridized carbons (Fsp3) is 0.615. The van der Waals surface area contributed by atoms with Gasteiger partial charge >= 0.3 is 5.97 Å². The second-order valence-corrected chi connectivity index (χ2v) is 4.35. The van der Waals surface area contributed by atoms with Gasteiger partial charge in [-0.05, 0) is 18.9 Å². The van der Waals surface area contributed by atoms with Gasteiger partial charge in [0.2, 0.25) is 0 Å². The zero-order chi connectivity index (χ0) is 12.8. The van der Waals surface area contributed by atoms with E-state index in [-0.39, 0.29) is 5.97 Å². The van der Waals surface area contributed by atoms with Gasteiger partial charge in [0.1, 0.15) is 12.0 Å². The molecule has 1 heterocycles. The first-order chi connectivity index (χ1) is 8.08. The lowest BCUT2D eigenvalue weighted by Gasteiger charge is -2.18. The number of rotatable bonds is 6. The van der Waals surface area contributed by atoms with Crippen molar-refractivity contribution in [1.82, 2.24) is 5.32 Å². The summed E-state index contributed by atoms with van der Waals surface area (Å²) in [6, 6.07) is 2.13. The molecule has 0 aliphatic rings. The molecule has 0 radical (unpaired) electrons. The highest BCUT2D eigenvalue weighted by molar-refractivity contribution is 5.88. The summed E-state index contributed by atoms with van der Waals surface area (Å²) in [6.07, 6.45) is 2.57. The van der Waals surface area contributed by atoms with Crippen LogP contribution in [0.1, 0.15) is 43.3 Å². The maximum Gasteiger partial charge on any atom is 0.341 e. The maximum absolute atomic E-state index is 11.2. The maximum atomic E-state index is 11.2. The van der Waals surface area contributed by atoms with Crippen molar-refractivity contribution < 1.29 is 13.9 Å². The van der Waals surface area contributed by atoms with Crippen LogP contribution >= 0.6 is 0 Å². The van der Waals surface area contributed by atoms with Gasteiger partial charge in [-0.3, -0.25) is 0 Å². The molecule has 0 aliphatic carbocycles. The molecule has 1 aromatic heterocycles. The number of carbonyl (C=O) groups is 1. The summed E-state index contributed by atoms with van der Waals surface area (Å²) in [5, 5.41) is 3.37. The summed E-state index contributed by atoms with van der Waals surface area (Å²) in [5.41, 5.74) is 0.459. The minimum atomic E-state index is -0.366. The van der Waals surface area contributed by atoms with Crippen molar-refractivity contribution in [3.8, 4) is 0 Å². The minimum Gasteiger partial charge on any atom is -0.467 e. The Morgan fingerprint density at radius 2 is 2.24 bits per heavy atom. The fourth-order valence-corrected chi connectivity index (χ4v) is 1.51. The zero-order valence-electron chi connectivity index (χ0n) is 10.9. The molecule has 1 rings (SSSR count). The summed E-state index contributed by atoms with van der Waals surface area (Å²) in [7, 11) is 1.36. The Morgan fingerprint density at radius 1 is 1.53 bits per heavy atom. The Bertz CT molecular complexity index is 359. The van der Waals surface area contributed by atoms with E-state index in [0.29, 0.717) is 24.1 Å². The molecule has 2 atom stereocenters. The molecule has 0 amide bonds. The van der Waals surface area contributed by atoms with Crippen LogP contribution in [0.3, 0.4) is 0 Å². The van der Waals surface area contributed by atoms with Crippen molar-refractivity contribution in [3.05, 3.63) is 23.7 Å². The molecule has 0 aliphatic heterocycles. The molecule has 0 saturated heterocycles. The average molecular weight is 239 g/mol. The molecule has 96 valence electrons. The molecule has 0 aromatic carbocycles. The molecular weight excluding hydrogens is 218 g/mol. The number of hydrogen-bond donors (Lipinski definition) is 1. The van der Waals surface area contributed by atoms with Gasteiger partial charge in [0.15, 0.2) is 0 Å². The van der Waals surface area contributed by atoms with Crippen LogP contribution in [0.4, 0.5) is 0 Å². The predicted octanol–water partition coefficient (Wildman–Crippen LogP) is 2.59. The van der Waals surface area contributed by atoms with Crippen LogP contribution in [0, 0.1) is 5.92 Å². The molecule has 0 saturated carbocycles. The van der Waals surface area contributed by atoms with E-state index in [2.05, 4.69) is 30.8 Å². The van der Waals surface area contributed by atoms with Crippen molar-refractivity contribution in [1.29, 1.82) is 0 Å². The van der Waals surface area contributed by atoms with Crippen LogP contribution < -0.4 is 5.32 Å². The Labute approximate surface area is 102 Å². The van der Waals surface area contributed by atoms with Crippen molar-refractivity contribution in [2.75, 3.05) is 7.11 Å². The number of hydrogen-bond acceptors (Lipinski definition) is 4. The molecule has 1 aromatic rings. The lowest BCUT2D eigenvalue weighted by Crippen LogP contribution is -2.31. The largest absolute Gasteiger partial charge is 0.467 e. The zero-order valence-corrected chi connectivity index (χ0v) is 10.9. The van der Waals surface area contributed by atoms with Gasteiger partial charge in [-0.25, -0.2) is 4.79 Å². The van der Waals surface area contributed by atoms with Crippen molar-refractivity contribution in [2.24, 2.45) is 5.92 Å². The standard InChI is InChI=1S/C13H21NO3/c1-5-9(2)10(3)14-7-12-6-11(8-17-12)13(15)16-4/h6,8-10,14H,5,7H2,1-4H3. The van der Waals surface area contributed by atoms with Gasteiger partial charge in [0, 0.05) is 6.04 Å². The lowest BCUT2D eigenvalue weighted by molar-refractivity contribution is 0.0600. The fourth-order valence-electron chi connectivity index (χ4n) is 1.51. The topological polar surface area (TPSA) is 51.5 Å². The third-order valence-corrected chi connectivity index (χ3v) is 3.17. The summed E-state index contributed by atoms with van der Waals surface area (Å²) in [5.74, 6) is 1.00. The molecule has 0 fully saturated rings. The van der Waals surface area contributed by atoms with Crippen LogP contribution in [-0.4, -0.2) is 19.1 Å². The van der Waals surface area contributed by atoms with Gasteiger partial charge in [-0.15, -0.1) is 0 Å². The Hall–Kier alpha value is -1.29. The number of furan rings is 1. The smallest absolute Gasteiger partial charge is 0.341 e. The van der Waals surface area contributed by atoms with Crippen LogP contribution in [0.25, 0.3) is 0 Å². The van der Waals surface area contributed by atoms with Crippen molar-refractivity contribution in [3.63, 3.8) is 0 Å². The second-order valence-electron chi connectivity index (χ2n) is 4.35. The van der Waals surface area contributed by atoms with E-state index in [1.807, 2.05) is 0 Å². The first-order valence-corrected chi connectivity index (χ1v) is 5.97. The normalized spacial score (nSPS) is 14.4. The summed E-state index contributed by atoms with van der Waals surface area (Å²) in [4.78, 5) is 11.2. The summed E-state index contributed by atoms with van der Waals surface area (Å²) >= 11 is 0. The Kier molecular flexibility index (Phi) is 5.22. The third kappa shape index (κ3) is 3.89. The number of carbonyl (C=O) groups excluding carboxylic acids is 1. The van der Waals surface area contributed by atoms with Gasteiger partial charge < -0.3 is 14.5 Å². The lowest BCUT2D eigenvalue weighted by atomic mass is 10.0. The summed E-state index contributed by atoms with van der Waals surface area (Å²) < 4.78 is 9.90. The van der Waals surface area contributed by atoms with Crippen LogP contribution in [0.2, 0.25) is 0 Å². The van der Waals surface area contributed by atoms with E-state index in [1.165, 1.54) is 13.4 Å². The van der Waals surface area contributed by atoms with Gasteiger partial charge in [-0.2, -0.15) is 0 Å². The van der Waals surface area contributed by atoms with Crippen molar-refractivity contribution >= 4 is 5.97 Å². The molecule has 0 bridgehead atoms. The van der Waals surface area contributed by atoms with E-state index < -0.39 is 0 Å². The molecule has 4 heteroatoms. The van der Waals surface area contributed by atoms with E-state index in [0.717, 1.165) is 12.2 Å². The monoisotopic (exact) mass is 239 g/mol. The molecule has 4 nitrogen and oxygen atoms in total. The number of nitrogens with one attached hydrogen (secondary N) is 1. The summed E-state index contributed by atoms with van der Waals surface area (Å²) in [6.45, 7) is 7.16. The van der Waals surface area contributed by atoms with Crippen molar-refractivity contribution in [2.45, 2.75) is 39.8 Å². The second kappa shape index (κ2) is 6.45. The van der Waals surface area contributed by atoms with E-state index >= 15 is 0 Å². The highest BCUT2D eigenvalue weighted by Gasteiger charge is 2.12. The number of esters is 1. The Morgan fingerprint density at radius 3 is 2.82 bits per heavy atom. The molecule has 17 heavy (non-hydrogen) atoms. The van der Waals surface area contributed by atoms with E-state index in [1.54, 1.807) is 6.07 Å².